The summed E-state index contributed by atoms with van der Waals surface area (Å²) < 4.78 is 28.0. The largest absolute Gasteiger partial charge is 0.380 e. The zero-order chi connectivity index (χ0) is 30.9. The van der Waals surface area contributed by atoms with Gasteiger partial charge in [0.15, 0.2) is 11.5 Å². The first-order valence-electron chi connectivity index (χ1n) is 14.2. The van der Waals surface area contributed by atoms with E-state index in [-0.39, 0.29) is 5.25 Å². The summed E-state index contributed by atoms with van der Waals surface area (Å²) in [6.07, 6.45) is 13.0. The monoisotopic (exact) mass is 610 g/mol. The third-order valence-corrected chi connectivity index (χ3v) is 9.31. The minimum absolute atomic E-state index is 0.318. The molecule has 0 amide bonds. The number of nitrogens with zero attached hydrogens (tertiary/aromatic N) is 7. The van der Waals surface area contributed by atoms with Gasteiger partial charge in [-0.05, 0) is 50.2 Å². The van der Waals surface area contributed by atoms with E-state index in [1.165, 1.54) is 18.0 Å². The Labute approximate surface area is 256 Å². The zero-order valence-corrected chi connectivity index (χ0v) is 25.6. The molecule has 44 heavy (non-hydrogen) atoms. The number of nitrogens with one attached hydrogen (secondary N) is 2. The molecule has 3 aromatic heterocycles. The number of hydrogen-bond acceptors (Lipinski definition) is 10. The molecule has 1 saturated carbocycles. The van der Waals surface area contributed by atoms with Crippen LogP contribution in [0.3, 0.4) is 0 Å². The van der Waals surface area contributed by atoms with E-state index in [0.717, 1.165) is 33.0 Å². The molecule has 4 aromatic rings. The third kappa shape index (κ3) is 6.42. The summed E-state index contributed by atoms with van der Waals surface area (Å²) in [5.41, 5.74) is 11.3. The quantitative estimate of drug-likeness (QED) is 0.240. The molecule has 1 aliphatic heterocycles. The van der Waals surface area contributed by atoms with Crippen LogP contribution < -0.4 is 16.4 Å². The minimum atomic E-state index is -3.50. The Hall–Kier alpha value is -4.77. The first kappa shape index (κ1) is 29.3. The van der Waals surface area contributed by atoms with Gasteiger partial charge >= 0.3 is 0 Å². The van der Waals surface area contributed by atoms with Gasteiger partial charge in [-0.2, -0.15) is 14.3 Å². The summed E-state index contributed by atoms with van der Waals surface area (Å²) in [6.45, 7) is 1.43. The molecule has 1 fully saturated rings. The van der Waals surface area contributed by atoms with E-state index in [1.54, 1.807) is 29.3 Å². The van der Waals surface area contributed by atoms with Crippen molar-refractivity contribution < 1.29 is 8.42 Å². The molecule has 2 aliphatic rings. The van der Waals surface area contributed by atoms with E-state index in [1.807, 2.05) is 33.4 Å². The van der Waals surface area contributed by atoms with Gasteiger partial charge in [-0.3, -0.25) is 4.68 Å². The number of dihydropyridines is 1. The molecular formula is C31H34N10O2S. The average molecular weight is 611 g/mol. The molecule has 226 valence electrons. The lowest BCUT2D eigenvalue weighted by atomic mass is 9.98. The van der Waals surface area contributed by atoms with Gasteiger partial charge in [-0.25, -0.2) is 18.4 Å². The standard InChI is InChI=1S/C31H34N10O2S/c1-39(2)19-23-6-4-22(5-7-23)15-34-28-14-31(32,35-17-25(28)9-8-24-16-36-40(3)20-24)29-12-13-33-30(38-29)26-18-37-41(21-26)44(42,43)27-10-11-27/h4-7,12-14,16-18,20-21,27,34-35H,10-11,15,19,32H2,1-3H3. The van der Waals surface area contributed by atoms with E-state index in [4.69, 9.17) is 10.7 Å². The van der Waals surface area contributed by atoms with E-state index in [0.29, 0.717) is 36.5 Å². The van der Waals surface area contributed by atoms with Crippen LogP contribution in [-0.2, 0) is 35.8 Å². The average Bonchev–Trinajstić information content (AvgIpc) is 3.61. The van der Waals surface area contributed by atoms with Crippen molar-refractivity contribution in [2.45, 2.75) is 36.8 Å². The number of rotatable bonds is 9. The van der Waals surface area contributed by atoms with Gasteiger partial charge in [0.05, 0.1) is 51.9 Å². The van der Waals surface area contributed by atoms with Crippen LogP contribution in [0.1, 0.15) is 35.2 Å². The van der Waals surface area contributed by atoms with Crippen LogP contribution in [0.5, 0.6) is 0 Å². The van der Waals surface area contributed by atoms with Crippen molar-refractivity contribution in [2.75, 3.05) is 14.1 Å². The summed E-state index contributed by atoms with van der Waals surface area (Å²) in [6, 6.07) is 10.2. The lowest BCUT2D eigenvalue weighted by molar-refractivity contribution is 0.402. The predicted octanol–water partition coefficient (Wildman–Crippen LogP) is 1.80. The van der Waals surface area contributed by atoms with E-state index in [9.17, 15) is 8.42 Å². The second-order valence-electron chi connectivity index (χ2n) is 11.3. The Morgan fingerprint density at radius 3 is 2.57 bits per heavy atom. The molecule has 13 heteroatoms. The summed E-state index contributed by atoms with van der Waals surface area (Å²) in [5.74, 6) is 6.71. The molecular weight excluding hydrogens is 576 g/mol. The van der Waals surface area contributed by atoms with Gasteiger partial charge in [0.2, 0.25) is 0 Å². The summed E-state index contributed by atoms with van der Waals surface area (Å²) >= 11 is 0. The number of hydrogen-bond donors (Lipinski definition) is 3. The Bertz CT molecular complexity index is 1910. The number of aromatic nitrogens is 6. The highest BCUT2D eigenvalue weighted by Gasteiger charge is 2.38. The van der Waals surface area contributed by atoms with Crippen molar-refractivity contribution in [3.63, 3.8) is 0 Å². The van der Waals surface area contributed by atoms with Crippen molar-refractivity contribution in [1.82, 2.24) is 44.5 Å². The molecule has 1 atom stereocenters. The van der Waals surface area contributed by atoms with E-state index in [2.05, 4.69) is 66.8 Å². The first-order chi connectivity index (χ1) is 21.1. The van der Waals surface area contributed by atoms with Crippen molar-refractivity contribution in [2.24, 2.45) is 12.8 Å². The molecule has 1 aromatic carbocycles. The van der Waals surface area contributed by atoms with Crippen molar-refractivity contribution >= 4 is 10.0 Å². The maximum absolute atomic E-state index is 12.6. The zero-order valence-electron chi connectivity index (χ0n) is 24.8. The highest BCUT2D eigenvalue weighted by Crippen LogP contribution is 2.30. The summed E-state index contributed by atoms with van der Waals surface area (Å²) in [4.78, 5) is 11.2. The van der Waals surface area contributed by atoms with Gasteiger partial charge in [0, 0.05) is 38.7 Å². The number of nitrogens with two attached hydrogens (primary N) is 1. The lowest BCUT2D eigenvalue weighted by Crippen LogP contribution is -2.49. The number of benzene rings is 1. The van der Waals surface area contributed by atoms with Crippen LogP contribution in [0.4, 0.5) is 0 Å². The topological polar surface area (TPSA) is 149 Å². The molecule has 4 N–H and O–H groups in total. The van der Waals surface area contributed by atoms with Crippen molar-refractivity contribution in [3.8, 4) is 23.2 Å². The highest BCUT2D eigenvalue weighted by molar-refractivity contribution is 7.90. The van der Waals surface area contributed by atoms with Gasteiger partial charge < -0.3 is 21.3 Å². The maximum atomic E-state index is 12.6. The van der Waals surface area contributed by atoms with Crippen LogP contribution in [0.2, 0.25) is 0 Å². The fourth-order valence-corrected chi connectivity index (χ4v) is 6.25. The molecule has 6 rings (SSSR count). The van der Waals surface area contributed by atoms with Gasteiger partial charge in [0.1, 0.15) is 0 Å². The molecule has 0 spiro atoms. The van der Waals surface area contributed by atoms with Crippen LogP contribution in [0.25, 0.3) is 11.4 Å². The smallest absolute Gasteiger partial charge is 0.256 e. The Balaban J connectivity index is 1.28. The second-order valence-corrected chi connectivity index (χ2v) is 13.4. The second kappa shape index (κ2) is 11.7. The molecule has 1 unspecified atom stereocenters. The van der Waals surface area contributed by atoms with Crippen LogP contribution >= 0.6 is 0 Å². The van der Waals surface area contributed by atoms with Crippen molar-refractivity contribution in [1.29, 1.82) is 0 Å². The summed E-state index contributed by atoms with van der Waals surface area (Å²) in [7, 11) is 2.44. The lowest BCUT2D eigenvalue weighted by Gasteiger charge is -2.31. The fourth-order valence-electron chi connectivity index (χ4n) is 4.77. The Morgan fingerprint density at radius 2 is 1.86 bits per heavy atom. The van der Waals surface area contributed by atoms with E-state index < -0.39 is 15.7 Å². The number of aryl methyl sites for hydroxylation is 1. The van der Waals surface area contributed by atoms with E-state index >= 15 is 0 Å². The normalized spacial score (nSPS) is 18.2. The third-order valence-electron chi connectivity index (χ3n) is 7.27. The van der Waals surface area contributed by atoms with Crippen LogP contribution in [0, 0.1) is 11.8 Å². The van der Waals surface area contributed by atoms with Gasteiger partial charge in [-0.1, -0.05) is 36.1 Å². The Kier molecular flexibility index (Phi) is 7.81. The Morgan fingerprint density at radius 1 is 1.09 bits per heavy atom. The fraction of sp³-hybridized carbons (Fsp3) is 0.290. The van der Waals surface area contributed by atoms with Gasteiger partial charge in [0.25, 0.3) is 10.0 Å². The molecule has 0 radical (unpaired) electrons. The minimum Gasteiger partial charge on any atom is -0.380 e. The maximum Gasteiger partial charge on any atom is 0.256 e. The molecule has 0 saturated heterocycles. The predicted molar refractivity (Wildman–Crippen MR) is 167 cm³/mol. The SMILES string of the molecule is CN(C)Cc1ccc(CNC2=CC(N)(c3ccnc(-c4cnn(S(=O)(=O)C5CC5)c4)n3)NC=C2C#Cc2cnn(C)c2)cc1. The van der Waals surface area contributed by atoms with Gasteiger partial charge in [-0.15, -0.1) is 0 Å². The summed E-state index contributed by atoms with van der Waals surface area (Å²) in [5, 5.41) is 14.7. The molecule has 12 nitrogen and oxygen atoms in total. The molecule has 0 bridgehead atoms. The highest BCUT2D eigenvalue weighted by atomic mass is 32.2. The first-order valence-corrected chi connectivity index (χ1v) is 15.7. The van der Waals surface area contributed by atoms with Crippen molar-refractivity contribution in [3.05, 3.63) is 107 Å². The number of allylic oxidation sites excluding steroid dienone is 1. The molecule has 1 aliphatic carbocycles. The van der Waals surface area contributed by atoms with Crippen LogP contribution in [-0.4, -0.2) is 61.6 Å². The molecule has 4 heterocycles. The van der Waals surface area contributed by atoms with Crippen LogP contribution in [0.15, 0.2) is 84.9 Å².